The molecule has 1 unspecified atom stereocenters. The lowest BCUT2D eigenvalue weighted by molar-refractivity contribution is 0.0360. The van der Waals surface area contributed by atoms with E-state index in [1.54, 1.807) is 19.1 Å². The third-order valence-corrected chi connectivity index (χ3v) is 3.18. The molecule has 0 fully saturated rings. The first-order valence-electron chi connectivity index (χ1n) is 7.26. The van der Waals surface area contributed by atoms with Crippen LogP contribution in [0.4, 0.5) is 4.79 Å². The van der Waals surface area contributed by atoms with Crippen LogP contribution in [0.3, 0.4) is 0 Å². The van der Waals surface area contributed by atoms with Crippen LogP contribution in [0.5, 0.6) is 0 Å². The smallest absolute Gasteiger partial charge is 0.314 e. The van der Waals surface area contributed by atoms with Gasteiger partial charge in [-0.15, -0.1) is 0 Å². The maximum Gasteiger partial charge on any atom is 0.314 e. The molecule has 0 aliphatic rings. The van der Waals surface area contributed by atoms with E-state index in [0.29, 0.717) is 12.3 Å². The fourth-order valence-electron chi connectivity index (χ4n) is 1.88. The van der Waals surface area contributed by atoms with Gasteiger partial charge in [-0.05, 0) is 32.4 Å². The Morgan fingerprint density at radius 3 is 2.65 bits per heavy atom. The van der Waals surface area contributed by atoms with Crippen molar-refractivity contribution < 1.29 is 14.3 Å². The number of hydrogen-bond donors (Lipinski definition) is 3. The molecule has 1 heterocycles. The van der Waals surface area contributed by atoms with E-state index < -0.39 is 5.60 Å². The minimum absolute atomic E-state index is 0.112. The topological polar surface area (TPSA) is 74.5 Å². The van der Waals surface area contributed by atoms with Crippen LogP contribution in [0.25, 0.3) is 0 Å². The lowest BCUT2D eigenvalue weighted by Crippen LogP contribution is -2.43. The number of unbranched alkanes of at least 4 members (excludes halogenated alkanes) is 3. The largest absolute Gasteiger partial charge is 0.463 e. The fourth-order valence-corrected chi connectivity index (χ4v) is 1.88. The van der Waals surface area contributed by atoms with Crippen molar-refractivity contribution in [3.63, 3.8) is 0 Å². The maximum absolute atomic E-state index is 11.6. The molecule has 1 rings (SSSR count). The van der Waals surface area contributed by atoms with Crippen LogP contribution in [0.1, 0.15) is 51.1 Å². The van der Waals surface area contributed by atoms with Gasteiger partial charge in [0, 0.05) is 6.54 Å². The highest BCUT2D eigenvalue weighted by atomic mass is 16.4. The first-order chi connectivity index (χ1) is 9.45. The van der Waals surface area contributed by atoms with E-state index in [-0.39, 0.29) is 12.6 Å². The highest BCUT2D eigenvalue weighted by molar-refractivity contribution is 5.73. The van der Waals surface area contributed by atoms with Crippen molar-refractivity contribution in [1.82, 2.24) is 10.6 Å². The van der Waals surface area contributed by atoms with E-state index in [2.05, 4.69) is 17.6 Å². The van der Waals surface area contributed by atoms with Crippen molar-refractivity contribution in [3.8, 4) is 0 Å². The Balaban J connectivity index is 2.26. The summed E-state index contributed by atoms with van der Waals surface area (Å²) in [5, 5.41) is 15.7. The molecular formula is C15H26N2O3. The van der Waals surface area contributed by atoms with Crippen LogP contribution >= 0.6 is 0 Å². The van der Waals surface area contributed by atoms with Gasteiger partial charge < -0.3 is 20.2 Å². The molecule has 114 valence electrons. The zero-order valence-electron chi connectivity index (χ0n) is 12.7. The van der Waals surface area contributed by atoms with Crippen molar-refractivity contribution >= 4 is 6.03 Å². The van der Waals surface area contributed by atoms with Gasteiger partial charge in [0.05, 0.1) is 6.54 Å². The van der Waals surface area contributed by atoms with Crippen molar-refractivity contribution in [3.05, 3.63) is 23.7 Å². The Labute approximate surface area is 120 Å². The third-order valence-electron chi connectivity index (χ3n) is 3.18. The van der Waals surface area contributed by atoms with Crippen molar-refractivity contribution in [2.75, 3.05) is 13.1 Å². The number of amides is 2. The summed E-state index contributed by atoms with van der Waals surface area (Å²) >= 11 is 0. The monoisotopic (exact) mass is 282 g/mol. The average Bonchev–Trinajstić information content (AvgIpc) is 2.84. The van der Waals surface area contributed by atoms with Gasteiger partial charge in [-0.2, -0.15) is 0 Å². The molecule has 1 aromatic rings. The summed E-state index contributed by atoms with van der Waals surface area (Å²) in [6.45, 7) is 6.36. The lowest BCUT2D eigenvalue weighted by atomic mass is 10.0. The summed E-state index contributed by atoms with van der Waals surface area (Å²) in [5.74, 6) is 1.19. The zero-order valence-corrected chi connectivity index (χ0v) is 12.7. The van der Waals surface area contributed by atoms with Crippen LogP contribution in [-0.2, 0) is 5.60 Å². The maximum atomic E-state index is 11.6. The molecule has 3 N–H and O–H groups in total. The van der Waals surface area contributed by atoms with E-state index in [9.17, 15) is 9.90 Å². The van der Waals surface area contributed by atoms with E-state index in [1.807, 2.05) is 6.92 Å². The minimum atomic E-state index is -1.20. The highest BCUT2D eigenvalue weighted by Gasteiger charge is 2.27. The molecule has 5 nitrogen and oxygen atoms in total. The molecule has 0 saturated heterocycles. The SMILES string of the molecule is CCCCCCNC(=O)NCC(C)(O)c1ccc(C)o1. The minimum Gasteiger partial charge on any atom is -0.463 e. The Kier molecular flexibility index (Phi) is 6.58. The molecule has 0 radical (unpaired) electrons. The number of furan rings is 1. The van der Waals surface area contributed by atoms with Crippen LogP contribution < -0.4 is 10.6 Å². The summed E-state index contributed by atoms with van der Waals surface area (Å²) in [6.07, 6.45) is 4.47. The fraction of sp³-hybridized carbons (Fsp3) is 0.667. The van der Waals surface area contributed by atoms with E-state index in [0.717, 1.165) is 18.6 Å². The lowest BCUT2D eigenvalue weighted by Gasteiger charge is -2.21. The molecule has 1 atom stereocenters. The molecule has 20 heavy (non-hydrogen) atoms. The van der Waals surface area contributed by atoms with Crippen molar-refractivity contribution in [2.24, 2.45) is 0 Å². The summed E-state index contributed by atoms with van der Waals surface area (Å²) in [4.78, 5) is 11.6. The number of hydrogen-bond acceptors (Lipinski definition) is 3. The molecule has 0 aromatic carbocycles. The van der Waals surface area contributed by atoms with Gasteiger partial charge in [0.1, 0.15) is 17.1 Å². The van der Waals surface area contributed by atoms with Gasteiger partial charge in [-0.3, -0.25) is 0 Å². The summed E-state index contributed by atoms with van der Waals surface area (Å²) < 4.78 is 5.38. The summed E-state index contributed by atoms with van der Waals surface area (Å²) in [5.41, 5.74) is -1.20. The van der Waals surface area contributed by atoms with E-state index >= 15 is 0 Å². The number of carbonyl (C=O) groups is 1. The van der Waals surface area contributed by atoms with Crippen LogP contribution in [0, 0.1) is 6.92 Å². The van der Waals surface area contributed by atoms with Crippen molar-refractivity contribution in [1.29, 1.82) is 0 Å². The summed E-state index contributed by atoms with van der Waals surface area (Å²) in [7, 11) is 0. The number of urea groups is 1. The highest BCUT2D eigenvalue weighted by Crippen LogP contribution is 2.21. The Bertz CT molecular complexity index is 413. The summed E-state index contributed by atoms with van der Waals surface area (Å²) in [6, 6.07) is 3.25. The second-order valence-electron chi connectivity index (χ2n) is 5.35. The second-order valence-corrected chi connectivity index (χ2v) is 5.35. The average molecular weight is 282 g/mol. The van der Waals surface area contributed by atoms with Gasteiger partial charge >= 0.3 is 6.03 Å². The Morgan fingerprint density at radius 1 is 1.30 bits per heavy atom. The Morgan fingerprint density at radius 2 is 2.05 bits per heavy atom. The van der Waals surface area contributed by atoms with E-state index in [4.69, 9.17) is 4.42 Å². The molecular weight excluding hydrogens is 256 g/mol. The molecule has 0 saturated carbocycles. The van der Waals surface area contributed by atoms with Gasteiger partial charge in [0.15, 0.2) is 0 Å². The van der Waals surface area contributed by atoms with Crippen LogP contribution in [-0.4, -0.2) is 24.2 Å². The number of aryl methyl sites for hydroxylation is 1. The van der Waals surface area contributed by atoms with Gasteiger partial charge in [-0.25, -0.2) is 4.79 Å². The third kappa shape index (κ3) is 5.65. The zero-order chi connectivity index (χ0) is 15.0. The molecule has 2 amide bonds. The standard InChI is InChI=1S/C15H26N2O3/c1-4-5-6-7-10-16-14(18)17-11-15(3,19)13-9-8-12(2)20-13/h8-9,19H,4-7,10-11H2,1-3H3,(H2,16,17,18). The number of rotatable bonds is 8. The number of aliphatic hydroxyl groups is 1. The van der Waals surface area contributed by atoms with Gasteiger partial charge in [0.25, 0.3) is 0 Å². The second kappa shape index (κ2) is 7.94. The molecule has 1 aromatic heterocycles. The van der Waals surface area contributed by atoms with Crippen molar-refractivity contribution in [2.45, 2.75) is 52.1 Å². The molecule has 0 aliphatic carbocycles. The predicted molar refractivity (Wildman–Crippen MR) is 78.6 cm³/mol. The predicted octanol–water partition coefficient (Wildman–Crippen LogP) is 2.68. The first kappa shape index (κ1) is 16.6. The van der Waals surface area contributed by atoms with Gasteiger partial charge in [-0.1, -0.05) is 26.2 Å². The Hall–Kier alpha value is -1.49. The molecule has 5 heteroatoms. The normalized spacial score (nSPS) is 13.8. The number of nitrogens with one attached hydrogen (secondary N) is 2. The quantitative estimate of drug-likeness (QED) is 0.642. The first-order valence-corrected chi connectivity index (χ1v) is 7.26. The van der Waals surface area contributed by atoms with Crippen LogP contribution in [0.2, 0.25) is 0 Å². The van der Waals surface area contributed by atoms with E-state index in [1.165, 1.54) is 12.8 Å². The molecule has 0 bridgehead atoms. The van der Waals surface area contributed by atoms with Crippen LogP contribution in [0.15, 0.2) is 16.5 Å². The number of carbonyl (C=O) groups excluding carboxylic acids is 1. The van der Waals surface area contributed by atoms with Gasteiger partial charge in [0.2, 0.25) is 0 Å². The molecule has 0 spiro atoms. The molecule has 0 aliphatic heterocycles.